The predicted octanol–water partition coefficient (Wildman–Crippen LogP) is 3.08. The van der Waals surface area contributed by atoms with Gasteiger partial charge in [-0.05, 0) is 18.6 Å². The summed E-state index contributed by atoms with van der Waals surface area (Å²) in [5.41, 5.74) is 0.915. The minimum Gasteiger partial charge on any atom is -0.494 e. The summed E-state index contributed by atoms with van der Waals surface area (Å²) in [4.78, 5) is 16.8. The highest BCUT2D eigenvalue weighted by molar-refractivity contribution is 7.19. The van der Waals surface area contributed by atoms with Gasteiger partial charge in [0.25, 0.3) is 0 Å². The Morgan fingerprint density at radius 3 is 2.88 bits per heavy atom. The van der Waals surface area contributed by atoms with Gasteiger partial charge in [-0.25, -0.2) is 9.78 Å². The first-order valence-electron chi connectivity index (χ1n) is 7.44. The van der Waals surface area contributed by atoms with Crippen LogP contribution in [0.1, 0.15) is 17.5 Å². The fraction of sp³-hybridized carbons (Fsp3) is 0.250. The number of rotatable bonds is 4. The van der Waals surface area contributed by atoms with Crippen LogP contribution in [-0.4, -0.2) is 28.0 Å². The molecule has 0 aliphatic heterocycles. The highest BCUT2D eigenvalue weighted by Crippen LogP contribution is 2.37. The molecule has 1 aromatic carbocycles. The Morgan fingerprint density at radius 1 is 1.44 bits per heavy atom. The van der Waals surface area contributed by atoms with Crippen LogP contribution in [0, 0.1) is 11.3 Å². The van der Waals surface area contributed by atoms with Crippen molar-refractivity contribution < 1.29 is 14.3 Å². The molecule has 2 aromatic heterocycles. The van der Waals surface area contributed by atoms with Gasteiger partial charge in [0.05, 0.1) is 18.3 Å². The number of carbonyl (C=O) groups is 1. The van der Waals surface area contributed by atoms with Gasteiger partial charge in [-0.3, -0.25) is 10.00 Å². The summed E-state index contributed by atoms with van der Waals surface area (Å²) in [6, 6.07) is 5.33. The molecule has 0 unspecified atom stereocenters. The summed E-state index contributed by atoms with van der Waals surface area (Å²) in [7, 11) is 3.19. The molecule has 3 rings (SSSR count). The predicted molar refractivity (Wildman–Crippen MR) is 93.1 cm³/mol. The van der Waals surface area contributed by atoms with E-state index in [0.717, 1.165) is 16.1 Å². The molecule has 0 fully saturated rings. The van der Waals surface area contributed by atoms with Crippen molar-refractivity contribution in [1.29, 1.82) is 5.26 Å². The number of nitrogens with one attached hydrogen (secondary N) is 1. The molecule has 0 atom stereocenters. The zero-order chi connectivity index (χ0) is 18.0. The second kappa shape index (κ2) is 6.78. The van der Waals surface area contributed by atoms with E-state index in [1.165, 1.54) is 22.2 Å². The van der Waals surface area contributed by atoms with Crippen LogP contribution in [0.5, 0.6) is 11.5 Å². The van der Waals surface area contributed by atoms with E-state index in [1.54, 1.807) is 26.3 Å². The van der Waals surface area contributed by atoms with Crippen molar-refractivity contribution in [3.63, 3.8) is 0 Å². The topological polar surface area (TPSA) is 102 Å². The summed E-state index contributed by atoms with van der Waals surface area (Å²) in [5.74, 6) is 1.28. The highest BCUT2D eigenvalue weighted by atomic mass is 32.1. The maximum absolute atomic E-state index is 12.2. The van der Waals surface area contributed by atoms with Gasteiger partial charge in [-0.2, -0.15) is 10.4 Å². The molecule has 0 aliphatic carbocycles. The number of nitriles is 1. The van der Waals surface area contributed by atoms with Crippen LogP contribution in [0.4, 0.5) is 10.6 Å². The summed E-state index contributed by atoms with van der Waals surface area (Å²) in [6.45, 7) is 2.00. The molecule has 0 radical (unpaired) electrons. The van der Waals surface area contributed by atoms with Crippen LogP contribution in [0.2, 0.25) is 0 Å². The van der Waals surface area contributed by atoms with Gasteiger partial charge in [0.15, 0.2) is 11.6 Å². The quantitative estimate of drug-likeness (QED) is 0.770. The smallest absolute Gasteiger partial charge is 0.418 e. The number of nitrogens with zero attached hydrogens (tertiary/aromatic N) is 4. The average Bonchev–Trinajstić information content (AvgIpc) is 3.19. The third kappa shape index (κ3) is 3.12. The van der Waals surface area contributed by atoms with Crippen molar-refractivity contribution in [3.8, 4) is 17.6 Å². The second-order valence-corrected chi connectivity index (χ2v) is 6.15. The minimum absolute atomic E-state index is 0.255. The fourth-order valence-electron chi connectivity index (χ4n) is 2.29. The minimum atomic E-state index is -0.710. The first kappa shape index (κ1) is 16.7. The maximum Gasteiger partial charge on any atom is 0.418 e. The normalized spacial score (nSPS) is 10.5. The molecule has 0 aliphatic rings. The number of ether oxygens (including phenoxy) is 2. The monoisotopic (exact) mass is 357 g/mol. The molecule has 1 amide bonds. The van der Waals surface area contributed by atoms with Crippen molar-refractivity contribution >= 4 is 33.5 Å². The van der Waals surface area contributed by atoms with Gasteiger partial charge < -0.3 is 9.47 Å². The molecule has 25 heavy (non-hydrogen) atoms. The molecular formula is C16H15N5O3S. The third-order valence-corrected chi connectivity index (χ3v) is 4.73. The van der Waals surface area contributed by atoms with Crippen molar-refractivity contribution in [2.45, 2.75) is 13.3 Å². The Hall–Kier alpha value is -3.12. The lowest BCUT2D eigenvalue weighted by atomic mass is 10.3. The Labute approximate surface area is 147 Å². The van der Waals surface area contributed by atoms with E-state index in [1.807, 2.05) is 13.0 Å². The van der Waals surface area contributed by atoms with Crippen LogP contribution in [0.15, 0.2) is 18.3 Å². The van der Waals surface area contributed by atoms with E-state index in [0.29, 0.717) is 17.0 Å². The lowest BCUT2D eigenvalue weighted by Crippen LogP contribution is -2.19. The molecular weight excluding hydrogens is 342 g/mol. The first-order chi connectivity index (χ1) is 12.1. The van der Waals surface area contributed by atoms with Crippen LogP contribution in [0.25, 0.3) is 10.2 Å². The number of fused-ring (bicyclic) bond motifs is 1. The van der Waals surface area contributed by atoms with Crippen molar-refractivity contribution in [2.75, 3.05) is 12.4 Å². The van der Waals surface area contributed by atoms with Gasteiger partial charge >= 0.3 is 6.09 Å². The Kier molecular flexibility index (Phi) is 4.54. The van der Waals surface area contributed by atoms with Crippen molar-refractivity contribution in [2.24, 2.45) is 7.05 Å². The number of amides is 1. The molecule has 0 saturated carbocycles. The second-order valence-electron chi connectivity index (χ2n) is 5.06. The number of anilines is 1. The van der Waals surface area contributed by atoms with Crippen LogP contribution in [0.3, 0.4) is 0 Å². The zero-order valence-corrected chi connectivity index (χ0v) is 14.7. The summed E-state index contributed by atoms with van der Waals surface area (Å²) < 4.78 is 12.9. The molecule has 0 bridgehead atoms. The van der Waals surface area contributed by atoms with E-state index >= 15 is 0 Å². The average molecular weight is 357 g/mol. The van der Waals surface area contributed by atoms with Gasteiger partial charge in [0.2, 0.25) is 0 Å². The molecule has 2 heterocycles. The number of aromatic nitrogens is 3. The number of carbonyl (C=O) groups excluding carboxylic acids is 1. The Bertz CT molecular complexity index is 986. The molecule has 8 nitrogen and oxygen atoms in total. The zero-order valence-electron chi connectivity index (χ0n) is 13.9. The third-order valence-electron chi connectivity index (χ3n) is 3.52. The van der Waals surface area contributed by atoms with E-state index in [-0.39, 0.29) is 11.4 Å². The highest BCUT2D eigenvalue weighted by Gasteiger charge is 2.18. The molecule has 3 aromatic rings. The Balaban J connectivity index is 1.90. The molecule has 1 N–H and O–H groups in total. The van der Waals surface area contributed by atoms with Gasteiger partial charge in [-0.1, -0.05) is 6.92 Å². The number of hydrogen-bond acceptors (Lipinski definition) is 7. The maximum atomic E-state index is 12.2. The summed E-state index contributed by atoms with van der Waals surface area (Å²) >= 11 is 1.45. The Morgan fingerprint density at radius 2 is 2.20 bits per heavy atom. The molecule has 0 saturated heterocycles. The van der Waals surface area contributed by atoms with E-state index in [9.17, 15) is 4.79 Å². The van der Waals surface area contributed by atoms with Gasteiger partial charge in [0.1, 0.15) is 27.6 Å². The number of benzene rings is 1. The van der Waals surface area contributed by atoms with Crippen molar-refractivity contribution in [3.05, 3.63) is 28.9 Å². The number of hydrogen-bond donors (Lipinski definition) is 1. The molecule has 9 heteroatoms. The number of thiazole rings is 1. The summed E-state index contributed by atoms with van der Waals surface area (Å²) in [5, 5.41) is 16.4. The van der Waals surface area contributed by atoms with Crippen LogP contribution >= 0.6 is 11.3 Å². The standard InChI is InChI=1S/C16H15N5O3S/c1-4-12-19-13-10(23-3)5-6-11(14(13)25-12)24-16(22)20-15-9(7-17)8-18-21(15)2/h5-6,8H,4H2,1-3H3,(H,20,22). The summed E-state index contributed by atoms with van der Waals surface area (Å²) in [6.07, 6.45) is 1.44. The van der Waals surface area contributed by atoms with Crippen LogP contribution < -0.4 is 14.8 Å². The largest absolute Gasteiger partial charge is 0.494 e. The lowest BCUT2D eigenvalue weighted by Gasteiger charge is -2.09. The van der Waals surface area contributed by atoms with Gasteiger partial charge in [0, 0.05) is 7.05 Å². The molecule has 0 spiro atoms. The first-order valence-corrected chi connectivity index (χ1v) is 8.26. The molecule has 128 valence electrons. The van der Waals surface area contributed by atoms with Gasteiger partial charge in [-0.15, -0.1) is 11.3 Å². The van der Waals surface area contributed by atoms with E-state index < -0.39 is 6.09 Å². The number of aryl methyl sites for hydroxylation is 2. The number of methoxy groups -OCH3 is 1. The van der Waals surface area contributed by atoms with Crippen LogP contribution in [-0.2, 0) is 13.5 Å². The van der Waals surface area contributed by atoms with E-state index in [2.05, 4.69) is 15.4 Å². The fourth-order valence-corrected chi connectivity index (χ4v) is 3.26. The van der Waals surface area contributed by atoms with Crippen molar-refractivity contribution in [1.82, 2.24) is 14.8 Å². The lowest BCUT2D eigenvalue weighted by molar-refractivity contribution is 0.215. The SMILES string of the molecule is CCc1nc2c(OC)ccc(OC(=O)Nc3c(C#N)cnn3C)c2s1. The van der Waals surface area contributed by atoms with E-state index in [4.69, 9.17) is 14.7 Å².